The highest BCUT2D eigenvalue weighted by atomic mass is 32.2. The van der Waals surface area contributed by atoms with Gasteiger partial charge in [0.05, 0.1) is 5.69 Å². The Balaban J connectivity index is 0.00000176. The SMILES string of the molecule is C=C(NSN(C)C)c1ccc2c(C(CCC)CCC)c3n(c2c1)CC(NC)Cc1ccccc1-3.CC. The topological polar surface area (TPSA) is 32.2 Å². The van der Waals surface area contributed by atoms with Gasteiger partial charge in [0.15, 0.2) is 0 Å². The van der Waals surface area contributed by atoms with Gasteiger partial charge >= 0.3 is 0 Å². The first kappa shape index (κ1) is 28.4. The Kier molecular flexibility index (Phi) is 10.5. The standard InChI is InChI=1S/C29H40N4S.C2H6/c1-7-11-21(12-8-2)28-26-16-15-22(20(3)31-34-32(5)6)18-27(26)33-19-24(30-4)17-23-13-9-10-14-25(23)29(28)33;1-2/h9-10,13-16,18,21,24,30-31H,3,7-8,11-12,17,19H2,1-2,4-6H3;1-2H3. The van der Waals surface area contributed by atoms with E-state index in [0.717, 1.165) is 24.2 Å². The summed E-state index contributed by atoms with van der Waals surface area (Å²) in [6, 6.07) is 16.4. The van der Waals surface area contributed by atoms with E-state index in [1.807, 2.05) is 32.2 Å². The molecule has 1 atom stereocenters. The Morgan fingerprint density at radius 3 is 2.44 bits per heavy atom. The van der Waals surface area contributed by atoms with Crippen LogP contribution >= 0.6 is 12.1 Å². The molecule has 4 rings (SSSR count). The van der Waals surface area contributed by atoms with Crippen LogP contribution in [0.2, 0.25) is 0 Å². The van der Waals surface area contributed by atoms with Crippen LogP contribution in [0, 0.1) is 0 Å². The highest BCUT2D eigenvalue weighted by Crippen LogP contribution is 2.44. The molecule has 0 amide bonds. The number of hydrogen-bond acceptors (Lipinski definition) is 4. The Morgan fingerprint density at radius 2 is 1.81 bits per heavy atom. The van der Waals surface area contributed by atoms with Crippen molar-refractivity contribution in [2.45, 2.75) is 78.3 Å². The number of aromatic nitrogens is 1. The quantitative estimate of drug-likeness (QED) is 0.274. The second-order valence-electron chi connectivity index (χ2n) is 9.71. The predicted molar refractivity (Wildman–Crippen MR) is 161 cm³/mol. The van der Waals surface area contributed by atoms with Crippen molar-refractivity contribution in [3.63, 3.8) is 0 Å². The maximum atomic E-state index is 4.32. The minimum Gasteiger partial charge on any atom is -0.339 e. The lowest BCUT2D eigenvalue weighted by molar-refractivity contribution is 0.494. The van der Waals surface area contributed by atoms with Crippen molar-refractivity contribution in [3.8, 4) is 11.3 Å². The minimum atomic E-state index is 0.399. The summed E-state index contributed by atoms with van der Waals surface area (Å²) in [5, 5.41) is 5.00. The maximum Gasteiger partial charge on any atom is 0.0530 e. The van der Waals surface area contributed by atoms with Gasteiger partial charge < -0.3 is 14.6 Å². The fraction of sp³-hybridized carbons (Fsp3) is 0.484. The molecule has 3 aromatic rings. The van der Waals surface area contributed by atoms with E-state index < -0.39 is 0 Å². The van der Waals surface area contributed by atoms with Crippen molar-refractivity contribution < 1.29 is 0 Å². The molecule has 5 heteroatoms. The predicted octanol–water partition coefficient (Wildman–Crippen LogP) is 7.85. The number of rotatable bonds is 10. The molecule has 4 nitrogen and oxygen atoms in total. The first-order valence-corrected chi connectivity index (χ1v) is 14.5. The molecular weight excluding hydrogens is 460 g/mol. The van der Waals surface area contributed by atoms with Crippen molar-refractivity contribution in [1.82, 2.24) is 18.9 Å². The molecule has 1 unspecified atom stereocenters. The maximum absolute atomic E-state index is 4.32. The molecule has 1 aliphatic rings. The number of nitrogens with one attached hydrogen (secondary N) is 2. The number of fused-ring (bicyclic) bond motifs is 5. The summed E-state index contributed by atoms with van der Waals surface area (Å²) in [7, 11) is 6.16. The first-order chi connectivity index (χ1) is 17.5. The van der Waals surface area contributed by atoms with Gasteiger partial charge in [-0.2, -0.15) is 0 Å². The lowest BCUT2D eigenvalue weighted by atomic mass is 9.85. The molecule has 0 bridgehead atoms. The van der Waals surface area contributed by atoms with E-state index in [2.05, 4.69) is 84.5 Å². The van der Waals surface area contributed by atoms with Gasteiger partial charge in [0.25, 0.3) is 0 Å². The van der Waals surface area contributed by atoms with Crippen molar-refractivity contribution >= 4 is 28.7 Å². The van der Waals surface area contributed by atoms with Crippen LogP contribution in [0.1, 0.15) is 76.0 Å². The van der Waals surface area contributed by atoms with E-state index >= 15 is 0 Å². The molecule has 0 spiro atoms. The van der Waals surface area contributed by atoms with E-state index in [-0.39, 0.29) is 0 Å². The highest BCUT2D eigenvalue weighted by molar-refractivity contribution is 7.95. The Bertz CT molecular complexity index is 1140. The van der Waals surface area contributed by atoms with Crippen LogP contribution in [0.25, 0.3) is 27.9 Å². The van der Waals surface area contributed by atoms with Crippen LogP contribution in [0.4, 0.5) is 0 Å². The van der Waals surface area contributed by atoms with Crippen LogP contribution in [-0.2, 0) is 13.0 Å². The summed E-state index contributed by atoms with van der Waals surface area (Å²) >= 11 is 1.56. The molecule has 0 saturated carbocycles. The molecule has 0 fully saturated rings. The van der Waals surface area contributed by atoms with Crippen molar-refractivity contribution in [2.75, 3.05) is 21.1 Å². The number of hydrogen-bond donors (Lipinski definition) is 2. The van der Waals surface area contributed by atoms with Gasteiger partial charge in [-0.25, -0.2) is 4.31 Å². The second kappa shape index (κ2) is 13.4. The largest absolute Gasteiger partial charge is 0.339 e. The van der Waals surface area contributed by atoms with Crippen LogP contribution in [0.3, 0.4) is 0 Å². The monoisotopic (exact) mass is 506 g/mol. The van der Waals surface area contributed by atoms with Crippen molar-refractivity contribution in [2.24, 2.45) is 0 Å². The van der Waals surface area contributed by atoms with Crippen LogP contribution in [-0.4, -0.2) is 36.1 Å². The van der Waals surface area contributed by atoms with Gasteiger partial charge in [-0.1, -0.05) is 83.5 Å². The number of nitrogens with zero attached hydrogens (tertiary/aromatic N) is 2. The second-order valence-corrected chi connectivity index (χ2v) is 10.8. The van der Waals surface area contributed by atoms with E-state index in [9.17, 15) is 0 Å². The molecule has 0 radical (unpaired) electrons. The zero-order valence-electron chi connectivity index (χ0n) is 23.4. The zero-order valence-corrected chi connectivity index (χ0v) is 24.3. The smallest absolute Gasteiger partial charge is 0.0530 e. The molecule has 36 heavy (non-hydrogen) atoms. The molecule has 2 N–H and O–H groups in total. The molecule has 2 heterocycles. The van der Waals surface area contributed by atoms with Crippen LogP contribution < -0.4 is 10.0 Å². The van der Waals surface area contributed by atoms with E-state index in [0.29, 0.717) is 12.0 Å². The molecule has 0 saturated heterocycles. The van der Waals surface area contributed by atoms with E-state index in [1.54, 1.807) is 17.7 Å². The molecule has 1 aliphatic heterocycles. The number of benzene rings is 2. The third-order valence-electron chi connectivity index (χ3n) is 7.04. The first-order valence-electron chi connectivity index (χ1n) is 13.7. The summed E-state index contributed by atoms with van der Waals surface area (Å²) in [4.78, 5) is 0. The Morgan fingerprint density at radius 1 is 1.11 bits per heavy atom. The van der Waals surface area contributed by atoms with Gasteiger partial charge in [-0.15, -0.1) is 0 Å². The average molecular weight is 507 g/mol. The third-order valence-corrected chi connectivity index (χ3v) is 7.74. The normalized spacial score (nSPS) is 14.8. The fourth-order valence-electron chi connectivity index (χ4n) is 5.47. The number of likely N-dealkylation sites (N-methyl/N-ethyl adjacent to an activating group) is 1. The highest BCUT2D eigenvalue weighted by Gasteiger charge is 2.29. The Hall–Kier alpha value is -2.21. The van der Waals surface area contributed by atoms with Gasteiger partial charge in [0, 0.05) is 46.9 Å². The van der Waals surface area contributed by atoms with Gasteiger partial charge in [0.1, 0.15) is 0 Å². The summed E-state index contributed by atoms with van der Waals surface area (Å²) in [6.45, 7) is 13.9. The summed E-state index contributed by atoms with van der Waals surface area (Å²) < 4.78 is 8.03. The average Bonchev–Trinajstić information content (AvgIpc) is 3.10. The van der Waals surface area contributed by atoms with E-state index in [1.165, 1.54) is 53.4 Å². The molecule has 0 aliphatic carbocycles. The van der Waals surface area contributed by atoms with Crippen molar-refractivity contribution in [3.05, 3.63) is 65.7 Å². The third kappa shape index (κ3) is 6.01. The summed E-state index contributed by atoms with van der Waals surface area (Å²) in [5.41, 5.74) is 9.26. The summed E-state index contributed by atoms with van der Waals surface area (Å²) in [6.07, 6.45) is 5.92. The molecule has 1 aromatic heterocycles. The van der Waals surface area contributed by atoms with Crippen LogP contribution in [0.15, 0.2) is 49.0 Å². The molecule has 2 aromatic carbocycles. The fourth-order valence-corrected chi connectivity index (χ4v) is 5.88. The van der Waals surface area contributed by atoms with E-state index in [4.69, 9.17) is 0 Å². The lowest BCUT2D eigenvalue weighted by Gasteiger charge is -2.19. The van der Waals surface area contributed by atoms with Gasteiger partial charge in [0.2, 0.25) is 0 Å². The molecule has 196 valence electrons. The zero-order chi connectivity index (χ0) is 26.2. The summed E-state index contributed by atoms with van der Waals surface area (Å²) in [5.74, 6) is 0.574. The van der Waals surface area contributed by atoms with Gasteiger partial charge in [-0.05, 0) is 69.1 Å². The van der Waals surface area contributed by atoms with Crippen LogP contribution in [0.5, 0.6) is 0 Å². The Labute approximate surface area is 223 Å². The lowest BCUT2D eigenvalue weighted by Crippen LogP contribution is -2.31. The van der Waals surface area contributed by atoms with Gasteiger partial charge in [-0.3, -0.25) is 0 Å². The van der Waals surface area contributed by atoms with Crippen molar-refractivity contribution in [1.29, 1.82) is 0 Å². The minimum absolute atomic E-state index is 0.399. The molecular formula is C31H46N4S.